The molecule has 0 spiro atoms. The molecule has 3 N–H and O–H groups in total. The van der Waals surface area contributed by atoms with E-state index in [0.29, 0.717) is 36.1 Å². The third-order valence-corrected chi connectivity index (χ3v) is 4.75. The van der Waals surface area contributed by atoms with Gasteiger partial charge in [0.05, 0.1) is 11.9 Å². The molecular weight excluding hydrogens is 264 g/mol. The van der Waals surface area contributed by atoms with Crippen LogP contribution in [0.2, 0.25) is 0 Å². The fourth-order valence-corrected chi connectivity index (χ4v) is 3.66. The zero-order chi connectivity index (χ0) is 14.0. The summed E-state index contributed by atoms with van der Waals surface area (Å²) in [6.45, 7) is 4.96. The SMILES string of the molecule is Cc1cc(N)cnc1NS(=O)(=O)N1CCCC(C)C1. The van der Waals surface area contributed by atoms with Gasteiger partial charge < -0.3 is 5.73 Å². The van der Waals surface area contributed by atoms with Crippen LogP contribution in [0.3, 0.4) is 0 Å². The van der Waals surface area contributed by atoms with Crippen molar-refractivity contribution in [3.8, 4) is 0 Å². The van der Waals surface area contributed by atoms with E-state index in [9.17, 15) is 8.42 Å². The quantitative estimate of drug-likeness (QED) is 0.877. The fraction of sp³-hybridized carbons (Fsp3) is 0.583. The van der Waals surface area contributed by atoms with Crippen molar-refractivity contribution in [1.29, 1.82) is 0 Å². The first kappa shape index (κ1) is 14.1. The Kier molecular flexibility index (Phi) is 3.96. The Hall–Kier alpha value is -1.34. The zero-order valence-corrected chi connectivity index (χ0v) is 12.1. The summed E-state index contributed by atoms with van der Waals surface area (Å²) in [7, 11) is -3.52. The summed E-state index contributed by atoms with van der Waals surface area (Å²) in [5, 5.41) is 0. The second-order valence-corrected chi connectivity index (χ2v) is 6.82. The average Bonchev–Trinajstić information content (AvgIpc) is 2.33. The van der Waals surface area contributed by atoms with Gasteiger partial charge in [0, 0.05) is 13.1 Å². The number of hydrogen-bond acceptors (Lipinski definition) is 4. The average molecular weight is 284 g/mol. The number of aryl methyl sites for hydroxylation is 1. The van der Waals surface area contributed by atoms with Gasteiger partial charge in [0.15, 0.2) is 0 Å². The molecule has 0 amide bonds. The molecule has 2 rings (SSSR count). The molecule has 0 aromatic carbocycles. The third kappa shape index (κ3) is 3.36. The lowest BCUT2D eigenvalue weighted by Crippen LogP contribution is -2.42. The summed E-state index contributed by atoms with van der Waals surface area (Å²) < 4.78 is 28.6. The van der Waals surface area contributed by atoms with E-state index in [1.165, 1.54) is 10.5 Å². The van der Waals surface area contributed by atoms with Gasteiger partial charge in [-0.15, -0.1) is 0 Å². The number of pyridine rings is 1. The molecule has 0 aliphatic carbocycles. The van der Waals surface area contributed by atoms with E-state index in [2.05, 4.69) is 16.6 Å². The normalized spacial score (nSPS) is 21.3. The molecule has 1 fully saturated rings. The second-order valence-electron chi connectivity index (χ2n) is 5.15. The van der Waals surface area contributed by atoms with Crippen LogP contribution in [0.5, 0.6) is 0 Å². The first-order valence-corrected chi connectivity index (χ1v) is 7.82. The van der Waals surface area contributed by atoms with Crippen LogP contribution in [0.1, 0.15) is 25.3 Å². The van der Waals surface area contributed by atoms with Crippen LogP contribution in [0.4, 0.5) is 11.5 Å². The zero-order valence-electron chi connectivity index (χ0n) is 11.3. The highest BCUT2D eigenvalue weighted by molar-refractivity contribution is 7.90. The van der Waals surface area contributed by atoms with Crippen molar-refractivity contribution in [2.45, 2.75) is 26.7 Å². The Morgan fingerprint density at radius 2 is 2.26 bits per heavy atom. The minimum Gasteiger partial charge on any atom is -0.397 e. The van der Waals surface area contributed by atoms with E-state index >= 15 is 0 Å². The Balaban J connectivity index is 2.16. The van der Waals surface area contributed by atoms with Crippen LogP contribution < -0.4 is 10.5 Å². The lowest BCUT2D eigenvalue weighted by atomic mass is 10.0. The Labute approximate surface area is 114 Å². The maximum Gasteiger partial charge on any atom is 0.302 e. The molecule has 1 aliphatic rings. The molecule has 0 saturated carbocycles. The van der Waals surface area contributed by atoms with E-state index in [4.69, 9.17) is 5.73 Å². The van der Waals surface area contributed by atoms with Gasteiger partial charge in [0.1, 0.15) is 5.82 Å². The summed E-state index contributed by atoms with van der Waals surface area (Å²) >= 11 is 0. The molecule has 19 heavy (non-hydrogen) atoms. The van der Waals surface area contributed by atoms with Crippen molar-refractivity contribution in [3.63, 3.8) is 0 Å². The van der Waals surface area contributed by atoms with Crippen molar-refractivity contribution in [2.24, 2.45) is 5.92 Å². The molecule has 106 valence electrons. The van der Waals surface area contributed by atoms with Gasteiger partial charge in [-0.2, -0.15) is 12.7 Å². The van der Waals surface area contributed by atoms with Crippen LogP contribution in [0.15, 0.2) is 12.3 Å². The van der Waals surface area contributed by atoms with Gasteiger partial charge in [-0.3, -0.25) is 4.72 Å². The van der Waals surface area contributed by atoms with Crippen LogP contribution in [-0.4, -0.2) is 30.8 Å². The van der Waals surface area contributed by atoms with Crippen LogP contribution in [-0.2, 0) is 10.2 Å². The molecule has 1 aliphatic heterocycles. The number of anilines is 2. The lowest BCUT2D eigenvalue weighted by Gasteiger charge is -2.30. The van der Waals surface area contributed by atoms with E-state index < -0.39 is 10.2 Å². The molecule has 1 atom stereocenters. The highest BCUT2D eigenvalue weighted by Crippen LogP contribution is 2.21. The van der Waals surface area contributed by atoms with Gasteiger partial charge in [-0.05, 0) is 37.3 Å². The van der Waals surface area contributed by atoms with Crippen molar-refractivity contribution >= 4 is 21.7 Å². The maximum atomic E-state index is 12.3. The highest BCUT2D eigenvalue weighted by atomic mass is 32.2. The lowest BCUT2D eigenvalue weighted by molar-refractivity contribution is 0.282. The van der Waals surface area contributed by atoms with Gasteiger partial charge in [-0.1, -0.05) is 6.92 Å². The van der Waals surface area contributed by atoms with E-state index in [0.717, 1.165) is 12.8 Å². The second kappa shape index (κ2) is 5.34. The monoisotopic (exact) mass is 284 g/mol. The highest BCUT2D eigenvalue weighted by Gasteiger charge is 2.27. The van der Waals surface area contributed by atoms with E-state index in [1.54, 1.807) is 13.0 Å². The molecule has 7 heteroatoms. The fourth-order valence-electron chi connectivity index (χ4n) is 2.25. The number of rotatable bonds is 3. The Morgan fingerprint density at radius 1 is 1.53 bits per heavy atom. The molecule has 1 aromatic heterocycles. The molecule has 6 nitrogen and oxygen atoms in total. The molecule has 0 bridgehead atoms. The summed E-state index contributed by atoms with van der Waals surface area (Å²) in [5.74, 6) is 0.734. The van der Waals surface area contributed by atoms with Gasteiger partial charge in [0.25, 0.3) is 0 Å². The summed E-state index contributed by atoms with van der Waals surface area (Å²) in [6, 6.07) is 1.70. The van der Waals surface area contributed by atoms with E-state index in [1.807, 2.05) is 0 Å². The number of nitrogens with zero attached hydrogens (tertiary/aromatic N) is 2. The molecule has 1 saturated heterocycles. The predicted molar refractivity (Wildman–Crippen MR) is 75.9 cm³/mol. The number of hydrogen-bond donors (Lipinski definition) is 2. The smallest absolute Gasteiger partial charge is 0.302 e. The standard InChI is InChI=1S/C12H20N4O2S/c1-9-4-3-5-16(8-9)19(17,18)15-12-10(2)6-11(13)7-14-12/h6-7,9H,3-5,8,13H2,1-2H3,(H,14,15). The van der Waals surface area contributed by atoms with Crippen molar-refractivity contribution in [3.05, 3.63) is 17.8 Å². The minimum atomic E-state index is -3.52. The topological polar surface area (TPSA) is 88.3 Å². The van der Waals surface area contributed by atoms with Crippen molar-refractivity contribution in [1.82, 2.24) is 9.29 Å². The van der Waals surface area contributed by atoms with Gasteiger partial charge in [-0.25, -0.2) is 4.98 Å². The summed E-state index contributed by atoms with van der Waals surface area (Å²) in [6.07, 6.45) is 3.42. The first-order valence-electron chi connectivity index (χ1n) is 6.38. The number of aromatic nitrogens is 1. The van der Waals surface area contributed by atoms with Gasteiger partial charge in [0.2, 0.25) is 0 Å². The van der Waals surface area contributed by atoms with E-state index in [-0.39, 0.29) is 0 Å². The Morgan fingerprint density at radius 3 is 2.89 bits per heavy atom. The number of nitrogens with two attached hydrogens (primary N) is 1. The predicted octanol–water partition coefficient (Wildman–Crippen LogP) is 1.36. The number of nitrogens with one attached hydrogen (secondary N) is 1. The largest absolute Gasteiger partial charge is 0.397 e. The van der Waals surface area contributed by atoms with Crippen LogP contribution in [0, 0.1) is 12.8 Å². The summed E-state index contributed by atoms with van der Waals surface area (Å²) in [4.78, 5) is 4.03. The molecular formula is C12H20N4O2S. The van der Waals surface area contributed by atoms with Gasteiger partial charge >= 0.3 is 10.2 Å². The number of nitrogen functional groups attached to an aromatic ring is 1. The van der Waals surface area contributed by atoms with Crippen molar-refractivity contribution < 1.29 is 8.42 Å². The van der Waals surface area contributed by atoms with Crippen LogP contribution in [0.25, 0.3) is 0 Å². The summed E-state index contributed by atoms with van der Waals surface area (Å²) in [5.41, 5.74) is 6.84. The Bertz CT molecular complexity index is 559. The maximum absolute atomic E-state index is 12.3. The molecule has 1 aromatic rings. The molecule has 2 heterocycles. The third-order valence-electron chi connectivity index (χ3n) is 3.28. The van der Waals surface area contributed by atoms with Crippen molar-refractivity contribution in [2.75, 3.05) is 23.5 Å². The molecule has 1 unspecified atom stereocenters. The first-order chi connectivity index (χ1) is 8.88. The molecule has 0 radical (unpaired) electrons. The minimum absolute atomic E-state index is 0.340. The van der Waals surface area contributed by atoms with Crippen LogP contribution >= 0.6 is 0 Å². The number of piperidine rings is 1.